The largest absolute Gasteiger partial charge is 0.480 e. The molecule has 10 nitrogen and oxygen atoms in total. The van der Waals surface area contributed by atoms with Crippen LogP contribution in [0.25, 0.3) is 0 Å². The second-order valence-electron chi connectivity index (χ2n) is 5.30. The van der Waals surface area contributed by atoms with E-state index >= 15 is 0 Å². The summed E-state index contributed by atoms with van der Waals surface area (Å²) in [6.45, 7) is 0.644. The minimum atomic E-state index is -1.15. The third kappa shape index (κ3) is 7.45. The van der Waals surface area contributed by atoms with E-state index in [-0.39, 0.29) is 17.9 Å². The van der Waals surface area contributed by atoms with Crippen LogP contribution in [0.3, 0.4) is 0 Å². The monoisotopic (exact) mass is 328 g/mol. The van der Waals surface area contributed by atoms with Crippen LogP contribution in [0, 0.1) is 5.41 Å². The van der Waals surface area contributed by atoms with Crippen molar-refractivity contribution >= 4 is 23.7 Å². The smallest absolute Gasteiger partial charge is 0.322 e. The number of amides is 2. The number of hydrogen-bond donors (Lipinski definition) is 7. The average Bonchev–Trinajstić information content (AvgIpc) is 3.01. The zero-order valence-electron chi connectivity index (χ0n) is 12.9. The van der Waals surface area contributed by atoms with Gasteiger partial charge in [-0.1, -0.05) is 0 Å². The highest BCUT2D eigenvalue weighted by molar-refractivity contribution is 5.91. The Labute approximate surface area is 134 Å². The minimum Gasteiger partial charge on any atom is -0.480 e. The number of carbonyl (C=O) groups excluding carboxylic acids is 2. The molecule has 1 rings (SSSR count). The Morgan fingerprint density at radius 1 is 1.35 bits per heavy atom. The normalized spacial score (nSPS) is 18.0. The van der Waals surface area contributed by atoms with Crippen molar-refractivity contribution in [3.63, 3.8) is 0 Å². The van der Waals surface area contributed by atoms with Crippen molar-refractivity contribution in [1.29, 1.82) is 5.41 Å². The molecule has 8 N–H and O–H groups in total. The molecular weight excluding hydrogens is 304 g/mol. The van der Waals surface area contributed by atoms with E-state index in [4.69, 9.17) is 16.2 Å². The molecule has 1 saturated heterocycles. The molecule has 10 heteroatoms. The molecule has 1 heterocycles. The van der Waals surface area contributed by atoms with Gasteiger partial charge in [-0.15, -0.1) is 0 Å². The van der Waals surface area contributed by atoms with Crippen LogP contribution in [-0.4, -0.2) is 60.6 Å². The Morgan fingerprint density at radius 3 is 2.65 bits per heavy atom. The molecule has 0 radical (unpaired) electrons. The summed E-state index contributed by atoms with van der Waals surface area (Å²) in [7, 11) is 0. The molecule has 0 spiro atoms. The molecular formula is C13H24N6O4. The van der Waals surface area contributed by atoms with Gasteiger partial charge in [-0.3, -0.25) is 19.8 Å². The van der Waals surface area contributed by atoms with Crippen molar-refractivity contribution in [2.45, 2.75) is 37.8 Å². The Bertz CT molecular complexity index is 450. The zero-order chi connectivity index (χ0) is 17.2. The summed E-state index contributed by atoms with van der Waals surface area (Å²) in [6.07, 6.45) is 2.41. The second-order valence-corrected chi connectivity index (χ2v) is 5.30. The van der Waals surface area contributed by atoms with E-state index in [9.17, 15) is 14.4 Å². The number of nitrogens with one attached hydrogen (secondary N) is 5. The van der Waals surface area contributed by atoms with E-state index in [2.05, 4.69) is 21.3 Å². The van der Waals surface area contributed by atoms with Crippen molar-refractivity contribution in [1.82, 2.24) is 21.3 Å². The van der Waals surface area contributed by atoms with Gasteiger partial charge in [0.05, 0.1) is 6.04 Å². The van der Waals surface area contributed by atoms with Gasteiger partial charge in [-0.2, -0.15) is 0 Å². The highest BCUT2D eigenvalue weighted by Crippen LogP contribution is 2.06. The SMILES string of the molecule is N=C(N)NCCC[C@@H](NC(=O)[C@@H]1CCCN1)C(=O)NCC(=O)O. The quantitative estimate of drug-likeness (QED) is 0.142. The van der Waals surface area contributed by atoms with Gasteiger partial charge in [-0.25, -0.2) is 0 Å². The predicted molar refractivity (Wildman–Crippen MR) is 82.8 cm³/mol. The summed E-state index contributed by atoms with van der Waals surface area (Å²) in [5.74, 6) is -2.13. The number of rotatable bonds is 9. The van der Waals surface area contributed by atoms with Gasteiger partial charge in [0.1, 0.15) is 12.6 Å². The molecule has 2 amide bonds. The van der Waals surface area contributed by atoms with Crippen molar-refractivity contribution in [3.05, 3.63) is 0 Å². The van der Waals surface area contributed by atoms with E-state index in [0.29, 0.717) is 25.8 Å². The molecule has 2 atom stereocenters. The fraction of sp³-hybridized carbons (Fsp3) is 0.692. The Morgan fingerprint density at radius 2 is 2.09 bits per heavy atom. The van der Waals surface area contributed by atoms with E-state index in [1.807, 2.05) is 0 Å². The van der Waals surface area contributed by atoms with Crippen LogP contribution in [0.1, 0.15) is 25.7 Å². The Hall–Kier alpha value is -2.36. The molecule has 1 aliphatic rings. The maximum absolute atomic E-state index is 12.1. The lowest BCUT2D eigenvalue weighted by atomic mass is 10.1. The number of nitrogens with two attached hydrogens (primary N) is 1. The van der Waals surface area contributed by atoms with Gasteiger partial charge in [-0.05, 0) is 32.2 Å². The summed E-state index contributed by atoms with van der Waals surface area (Å²) in [4.78, 5) is 34.7. The first-order valence-corrected chi connectivity index (χ1v) is 7.51. The van der Waals surface area contributed by atoms with Crippen molar-refractivity contribution < 1.29 is 19.5 Å². The third-order valence-electron chi connectivity index (χ3n) is 3.41. The summed E-state index contributed by atoms with van der Waals surface area (Å²) >= 11 is 0. The van der Waals surface area contributed by atoms with Gasteiger partial charge in [0.2, 0.25) is 11.8 Å². The first-order valence-electron chi connectivity index (χ1n) is 7.51. The van der Waals surface area contributed by atoms with Crippen LogP contribution in [0.4, 0.5) is 0 Å². The van der Waals surface area contributed by atoms with Crippen molar-refractivity contribution in [2.75, 3.05) is 19.6 Å². The highest BCUT2D eigenvalue weighted by atomic mass is 16.4. The first-order chi connectivity index (χ1) is 10.9. The maximum atomic E-state index is 12.1. The fourth-order valence-corrected chi connectivity index (χ4v) is 2.26. The molecule has 1 aliphatic heterocycles. The lowest BCUT2D eigenvalue weighted by molar-refractivity contribution is -0.138. The minimum absolute atomic E-state index is 0.170. The summed E-state index contributed by atoms with van der Waals surface area (Å²) < 4.78 is 0. The lowest BCUT2D eigenvalue weighted by Gasteiger charge is -2.20. The highest BCUT2D eigenvalue weighted by Gasteiger charge is 2.27. The van der Waals surface area contributed by atoms with Crippen LogP contribution < -0.4 is 27.0 Å². The predicted octanol–water partition coefficient (Wildman–Crippen LogP) is -2.31. The first kappa shape index (κ1) is 18.7. The second kappa shape index (κ2) is 9.62. The molecule has 0 bridgehead atoms. The Balaban J connectivity index is 2.51. The van der Waals surface area contributed by atoms with Crippen LogP contribution in [0.2, 0.25) is 0 Å². The summed E-state index contributed by atoms with van der Waals surface area (Å²) in [6, 6.07) is -1.14. The molecule has 130 valence electrons. The van der Waals surface area contributed by atoms with Crippen molar-refractivity contribution in [3.8, 4) is 0 Å². The number of carbonyl (C=O) groups is 3. The molecule has 1 fully saturated rings. The molecule has 23 heavy (non-hydrogen) atoms. The van der Waals surface area contributed by atoms with Gasteiger partial charge in [0.15, 0.2) is 5.96 Å². The molecule has 0 unspecified atom stereocenters. The number of hydrogen-bond acceptors (Lipinski definition) is 5. The number of carboxylic acid groups (broad SMARTS) is 1. The summed E-state index contributed by atoms with van der Waals surface area (Å²) in [5, 5.41) is 26.2. The molecule has 0 saturated carbocycles. The lowest BCUT2D eigenvalue weighted by Crippen LogP contribution is -2.52. The van der Waals surface area contributed by atoms with Crippen LogP contribution >= 0.6 is 0 Å². The summed E-state index contributed by atoms with van der Waals surface area (Å²) in [5.41, 5.74) is 5.16. The van der Waals surface area contributed by atoms with E-state index < -0.39 is 24.5 Å². The van der Waals surface area contributed by atoms with Gasteiger partial charge in [0.25, 0.3) is 0 Å². The Kier molecular flexibility index (Phi) is 7.81. The average molecular weight is 328 g/mol. The standard InChI is InChI=1S/C13H24N6O4/c14-13(15)17-6-2-4-9(11(22)18-7-10(20)21)19-12(23)8-3-1-5-16-8/h8-9,16H,1-7H2,(H,18,22)(H,19,23)(H,20,21)(H4,14,15,17)/t8-,9+/m0/s1. The van der Waals surface area contributed by atoms with Crippen LogP contribution in [0.15, 0.2) is 0 Å². The zero-order valence-corrected chi connectivity index (χ0v) is 12.9. The molecule has 0 aromatic carbocycles. The number of aliphatic carboxylic acids is 1. The van der Waals surface area contributed by atoms with E-state index in [1.165, 1.54) is 0 Å². The van der Waals surface area contributed by atoms with Crippen LogP contribution in [0.5, 0.6) is 0 Å². The van der Waals surface area contributed by atoms with Gasteiger partial charge < -0.3 is 32.1 Å². The van der Waals surface area contributed by atoms with Crippen molar-refractivity contribution in [2.24, 2.45) is 5.73 Å². The number of guanidine groups is 1. The maximum Gasteiger partial charge on any atom is 0.322 e. The fourth-order valence-electron chi connectivity index (χ4n) is 2.26. The number of carboxylic acids is 1. The molecule has 0 aliphatic carbocycles. The molecule has 0 aromatic heterocycles. The van der Waals surface area contributed by atoms with Crippen LogP contribution in [-0.2, 0) is 14.4 Å². The van der Waals surface area contributed by atoms with E-state index in [1.54, 1.807) is 0 Å². The van der Waals surface area contributed by atoms with Gasteiger partial charge in [0, 0.05) is 6.54 Å². The van der Waals surface area contributed by atoms with E-state index in [0.717, 1.165) is 13.0 Å². The topological polar surface area (TPSA) is 169 Å². The molecule has 0 aromatic rings. The third-order valence-corrected chi connectivity index (χ3v) is 3.41. The van der Waals surface area contributed by atoms with Gasteiger partial charge >= 0.3 is 5.97 Å².